The Morgan fingerprint density at radius 3 is 2.76 bits per heavy atom. The zero-order valence-electron chi connectivity index (χ0n) is 9.23. The lowest BCUT2D eigenvalue weighted by Gasteiger charge is -2.01. The van der Waals surface area contributed by atoms with Crippen molar-refractivity contribution in [3.63, 3.8) is 0 Å². The van der Waals surface area contributed by atoms with E-state index >= 15 is 0 Å². The molecule has 0 unspecified atom stereocenters. The van der Waals surface area contributed by atoms with Crippen molar-refractivity contribution in [3.8, 4) is 0 Å². The van der Waals surface area contributed by atoms with Crippen LogP contribution in [-0.2, 0) is 6.42 Å². The zero-order chi connectivity index (χ0) is 11.7. The summed E-state index contributed by atoms with van der Waals surface area (Å²) in [4.78, 5) is 8.04. The van der Waals surface area contributed by atoms with E-state index in [4.69, 9.17) is 11.6 Å². The van der Waals surface area contributed by atoms with Crippen LogP contribution >= 0.6 is 11.6 Å². The SMILES string of the molecule is Clc1ccc2c(c1)/C(=C\c1cncnc1)CC2. The van der Waals surface area contributed by atoms with E-state index < -0.39 is 0 Å². The van der Waals surface area contributed by atoms with Crippen molar-refractivity contribution in [3.05, 3.63) is 58.6 Å². The van der Waals surface area contributed by atoms with E-state index in [1.165, 1.54) is 16.7 Å². The molecule has 0 spiro atoms. The maximum Gasteiger partial charge on any atom is 0.115 e. The molecular formula is C14H11ClN2. The van der Waals surface area contributed by atoms with Crippen LogP contribution in [0.1, 0.15) is 23.1 Å². The van der Waals surface area contributed by atoms with Gasteiger partial charge >= 0.3 is 0 Å². The first-order valence-electron chi connectivity index (χ1n) is 5.57. The molecule has 0 saturated heterocycles. The van der Waals surface area contributed by atoms with Gasteiger partial charge < -0.3 is 0 Å². The van der Waals surface area contributed by atoms with E-state index in [1.54, 1.807) is 6.33 Å². The Kier molecular flexibility index (Phi) is 2.65. The van der Waals surface area contributed by atoms with Crippen LogP contribution in [-0.4, -0.2) is 9.97 Å². The molecule has 3 heteroatoms. The van der Waals surface area contributed by atoms with Gasteiger partial charge in [-0.1, -0.05) is 17.7 Å². The largest absolute Gasteiger partial charge is 0.244 e. The van der Waals surface area contributed by atoms with Gasteiger partial charge in [-0.3, -0.25) is 0 Å². The number of hydrogen-bond donors (Lipinski definition) is 0. The molecular weight excluding hydrogens is 232 g/mol. The smallest absolute Gasteiger partial charge is 0.115 e. The summed E-state index contributed by atoms with van der Waals surface area (Å²) < 4.78 is 0. The van der Waals surface area contributed by atoms with Gasteiger partial charge in [0.05, 0.1) is 0 Å². The molecule has 0 aliphatic heterocycles. The molecule has 0 saturated carbocycles. The van der Waals surface area contributed by atoms with Crippen molar-refractivity contribution < 1.29 is 0 Å². The van der Waals surface area contributed by atoms with Crippen LogP contribution < -0.4 is 0 Å². The van der Waals surface area contributed by atoms with Gasteiger partial charge in [0, 0.05) is 23.0 Å². The molecule has 1 heterocycles. The van der Waals surface area contributed by atoms with Crippen molar-refractivity contribution in [1.29, 1.82) is 0 Å². The second-order valence-corrected chi connectivity index (χ2v) is 4.58. The fourth-order valence-electron chi connectivity index (χ4n) is 2.21. The molecule has 0 atom stereocenters. The predicted molar refractivity (Wildman–Crippen MR) is 69.7 cm³/mol. The lowest BCUT2D eigenvalue weighted by Crippen LogP contribution is -1.82. The number of hydrogen-bond acceptors (Lipinski definition) is 2. The molecule has 1 aromatic carbocycles. The highest BCUT2D eigenvalue weighted by Gasteiger charge is 2.16. The van der Waals surface area contributed by atoms with Crippen molar-refractivity contribution >= 4 is 23.3 Å². The second kappa shape index (κ2) is 4.30. The molecule has 1 aliphatic rings. The molecule has 1 aromatic heterocycles. The summed E-state index contributed by atoms with van der Waals surface area (Å²) >= 11 is 6.04. The lowest BCUT2D eigenvalue weighted by molar-refractivity contribution is 1.08. The van der Waals surface area contributed by atoms with Gasteiger partial charge in [-0.15, -0.1) is 0 Å². The molecule has 0 bridgehead atoms. The summed E-state index contributed by atoms with van der Waals surface area (Å²) in [6.07, 6.45) is 9.48. The Hall–Kier alpha value is -1.67. The number of benzene rings is 1. The molecule has 3 rings (SSSR count). The van der Waals surface area contributed by atoms with Gasteiger partial charge in [0.1, 0.15) is 6.33 Å². The summed E-state index contributed by atoms with van der Waals surface area (Å²) in [5.74, 6) is 0. The van der Waals surface area contributed by atoms with Gasteiger partial charge in [-0.25, -0.2) is 9.97 Å². The Labute approximate surface area is 105 Å². The quantitative estimate of drug-likeness (QED) is 0.763. The normalized spacial score (nSPS) is 16.2. The van der Waals surface area contributed by atoms with E-state index in [9.17, 15) is 0 Å². The van der Waals surface area contributed by atoms with Gasteiger partial charge in [0.2, 0.25) is 0 Å². The van der Waals surface area contributed by atoms with Crippen LogP contribution in [0.25, 0.3) is 11.6 Å². The van der Waals surface area contributed by atoms with Crippen molar-refractivity contribution in [1.82, 2.24) is 9.97 Å². The molecule has 17 heavy (non-hydrogen) atoms. The highest BCUT2D eigenvalue weighted by Crippen LogP contribution is 2.35. The summed E-state index contributed by atoms with van der Waals surface area (Å²) in [5, 5.41) is 0.792. The predicted octanol–water partition coefficient (Wildman–Crippen LogP) is 3.62. The Bertz CT molecular complexity index is 576. The number of fused-ring (bicyclic) bond motifs is 1. The fourth-order valence-corrected chi connectivity index (χ4v) is 2.38. The summed E-state index contributed by atoms with van der Waals surface area (Å²) in [5.41, 5.74) is 4.99. The van der Waals surface area contributed by atoms with Crippen molar-refractivity contribution in [2.24, 2.45) is 0 Å². The zero-order valence-corrected chi connectivity index (χ0v) is 9.98. The number of allylic oxidation sites excluding steroid dienone is 1. The molecule has 2 nitrogen and oxygen atoms in total. The van der Waals surface area contributed by atoms with Crippen LogP contribution in [0.2, 0.25) is 5.02 Å². The van der Waals surface area contributed by atoms with Crippen LogP contribution in [0.15, 0.2) is 36.9 Å². The third kappa shape index (κ3) is 2.08. The molecule has 0 amide bonds. The van der Waals surface area contributed by atoms with E-state index in [1.807, 2.05) is 24.5 Å². The third-order valence-electron chi connectivity index (χ3n) is 3.00. The average molecular weight is 243 g/mol. The standard InChI is InChI=1S/C14H11ClN2/c15-13-4-3-11-1-2-12(14(11)6-13)5-10-7-16-9-17-8-10/h3-9H,1-2H2/b12-5-. The number of rotatable bonds is 1. The number of nitrogens with zero attached hydrogens (tertiary/aromatic N) is 2. The van der Waals surface area contributed by atoms with Gasteiger partial charge in [0.25, 0.3) is 0 Å². The minimum Gasteiger partial charge on any atom is -0.244 e. The van der Waals surface area contributed by atoms with Crippen LogP contribution in [0.5, 0.6) is 0 Å². The van der Waals surface area contributed by atoms with Crippen LogP contribution in [0.4, 0.5) is 0 Å². The van der Waals surface area contributed by atoms with Crippen molar-refractivity contribution in [2.75, 3.05) is 0 Å². The summed E-state index contributed by atoms with van der Waals surface area (Å²) in [7, 11) is 0. The third-order valence-corrected chi connectivity index (χ3v) is 3.24. The fraction of sp³-hybridized carbons (Fsp3) is 0.143. The summed E-state index contributed by atoms with van der Waals surface area (Å²) in [6, 6.07) is 6.11. The lowest BCUT2D eigenvalue weighted by atomic mass is 10.1. The first kappa shape index (κ1) is 10.5. The monoisotopic (exact) mass is 242 g/mol. The summed E-state index contributed by atoms with van der Waals surface area (Å²) in [6.45, 7) is 0. The van der Waals surface area contributed by atoms with Crippen molar-refractivity contribution in [2.45, 2.75) is 12.8 Å². The number of halogens is 1. The van der Waals surface area contributed by atoms with Gasteiger partial charge in [-0.2, -0.15) is 0 Å². The molecule has 84 valence electrons. The molecule has 0 radical (unpaired) electrons. The molecule has 0 N–H and O–H groups in total. The molecule has 1 aliphatic carbocycles. The minimum absolute atomic E-state index is 0.792. The minimum atomic E-state index is 0.792. The van der Waals surface area contributed by atoms with Crippen LogP contribution in [0.3, 0.4) is 0 Å². The Balaban J connectivity index is 2.04. The number of aryl methyl sites for hydroxylation is 1. The molecule has 2 aromatic rings. The Morgan fingerprint density at radius 2 is 1.94 bits per heavy atom. The van der Waals surface area contributed by atoms with E-state index in [2.05, 4.69) is 22.1 Å². The highest BCUT2D eigenvalue weighted by molar-refractivity contribution is 6.30. The average Bonchev–Trinajstić information content (AvgIpc) is 2.73. The maximum absolute atomic E-state index is 6.04. The van der Waals surface area contributed by atoms with Crippen LogP contribution in [0, 0.1) is 0 Å². The van der Waals surface area contributed by atoms with Gasteiger partial charge in [0.15, 0.2) is 0 Å². The number of aromatic nitrogens is 2. The van der Waals surface area contributed by atoms with E-state index in [0.717, 1.165) is 23.4 Å². The topological polar surface area (TPSA) is 25.8 Å². The van der Waals surface area contributed by atoms with E-state index in [-0.39, 0.29) is 0 Å². The molecule has 0 fully saturated rings. The first-order valence-corrected chi connectivity index (χ1v) is 5.95. The van der Waals surface area contributed by atoms with Gasteiger partial charge in [-0.05, 0) is 47.8 Å². The van der Waals surface area contributed by atoms with E-state index in [0.29, 0.717) is 0 Å². The highest BCUT2D eigenvalue weighted by atomic mass is 35.5. The maximum atomic E-state index is 6.04. The first-order chi connectivity index (χ1) is 8.33. The second-order valence-electron chi connectivity index (χ2n) is 4.14. The Morgan fingerprint density at radius 1 is 1.12 bits per heavy atom.